The standard InChI is InChI=1S/C36H35FN8O2S/c1-48-36(35(47)41-27-8-10-31-28(20-27)33(43-42-31)26-7-9-29(37)30(38)19-26)13-18-44(22-36)21-32(46)45-16-11-24(12-17-45)23-3-5-25(6-4-23)34-39-14-2-15-40-34/h2-11,14-15,19-20H,12-13,16-18,21-22,38H2,1H3,(H,41,47)(H,42,43)/t36-/m0/s1. The number of carbonyl (C=O) groups is 2. The normalized spacial score (nSPS) is 18.2. The van der Waals surface area contributed by atoms with Crippen LogP contribution in [0.15, 0.2) is 85.2 Å². The van der Waals surface area contributed by atoms with E-state index in [1.165, 1.54) is 23.4 Å². The third kappa shape index (κ3) is 6.28. The zero-order valence-corrected chi connectivity index (χ0v) is 27.3. The Hall–Kier alpha value is -5.07. The number of nitrogen functional groups attached to an aromatic ring is 1. The molecule has 0 unspecified atom stereocenters. The van der Waals surface area contributed by atoms with E-state index in [0.29, 0.717) is 55.4 Å². The number of nitrogens with two attached hydrogens (primary N) is 1. The summed E-state index contributed by atoms with van der Waals surface area (Å²) in [5.41, 5.74) is 11.9. The van der Waals surface area contributed by atoms with Crippen molar-refractivity contribution in [2.45, 2.75) is 17.6 Å². The van der Waals surface area contributed by atoms with Gasteiger partial charge >= 0.3 is 0 Å². The average molecular weight is 663 g/mol. The topological polar surface area (TPSA) is 133 Å². The molecule has 2 aliphatic rings. The number of halogens is 1. The van der Waals surface area contributed by atoms with Gasteiger partial charge in [-0.15, -0.1) is 11.8 Å². The first-order valence-corrected chi connectivity index (χ1v) is 17.0. The van der Waals surface area contributed by atoms with E-state index in [2.05, 4.69) is 48.6 Å². The fraction of sp³-hybridized carbons (Fsp3) is 0.250. The molecule has 10 nitrogen and oxygen atoms in total. The number of rotatable bonds is 8. The Bertz CT molecular complexity index is 2020. The molecule has 48 heavy (non-hydrogen) atoms. The zero-order chi connectivity index (χ0) is 33.3. The van der Waals surface area contributed by atoms with Crippen molar-refractivity contribution in [1.29, 1.82) is 0 Å². The van der Waals surface area contributed by atoms with Crippen LogP contribution in [0, 0.1) is 5.82 Å². The molecule has 0 spiro atoms. The van der Waals surface area contributed by atoms with Gasteiger partial charge in [0.15, 0.2) is 5.82 Å². The zero-order valence-electron chi connectivity index (χ0n) is 26.4. The number of nitrogens with one attached hydrogen (secondary N) is 2. The Morgan fingerprint density at radius 2 is 1.79 bits per heavy atom. The predicted molar refractivity (Wildman–Crippen MR) is 188 cm³/mol. The van der Waals surface area contributed by atoms with Crippen LogP contribution in [0.5, 0.6) is 0 Å². The van der Waals surface area contributed by atoms with Crippen LogP contribution in [0.25, 0.3) is 39.1 Å². The van der Waals surface area contributed by atoms with Crippen LogP contribution in [-0.2, 0) is 9.59 Å². The van der Waals surface area contributed by atoms with Gasteiger partial charge in [-0.2, -0.15) is 5.10 Å². The first-order valence-electron chi connectivity index (χ1n) is 15.8. The molecule has 0 bridgehead atoms. The summed E-state index contributed by atoms with van der Waals surface area (Å²) in [6.07, 6.45) is 8.95. The Morgan fingerprint density at radius 3 is 2.52 bits per heavy atom. The molecule has 3 aromatic carbocycles. The molecule has 5 aromatic rings. The average Bonchev–Trinajstić information content (AvgIpc) is 3.75. The van der Waals surface area contributed by atoms with Gasteiger partial charge in [0.2, 0.25) is 11.8 Å². The van der Waals surface area contributed by atoms with Crippen molar-refractivity contribution in [3.63, 3.8) is 0 Å². The van der Waals surface area contributed by atoms with Gasteiger partial charge in [0.05, 0.1) is 17.7 Å². The summed E-state index contributed by atoms with van der Waals surface area (Å²) in [7, 11) is 0. The number of nitrogens with zero attached hydrogens (tertiary/aromatic N) is 5. The summed E-state index contributed by atoms with van der Waals surface area (Å²) in [5, 5.41) is 11.3. The van der Waals surface area contributed by atoms with Gasteiger partial charge in [0, 0.05) is 60.8 Å². The number of likely N-dealkylation sites (tertiary alicyclic amines) is 1. The van der Waals surface area contributed by atoms with Crippen molar-refractivity contribution in [1.82, 2.24) is 30.0 Å². The first-order chi connectivity index (χ1) is 23.3. The van der Waals surface area contributed by atoms with Gasteiger partial charge in [0.1, 0.15) is 16.3 Å². The minimum Gasteiger partial charge on any atom is -0.396 e. The molecule has 2 aliphatic heterocycles. The van der Waals surface area contributed by atoms with Crippen LogP contribution in [0.1, 0.15) is 18.4 Å². The van der Waals surface area contributed by atoms with Gasteiger partial charge in [-0.05, 0) is 72.7 Å². The van der Waals surface area contributed by atoms with Crippen molar-refractivity contribution in [3.8, 4) is 22.6 Å². The van der Waals surface area contributed by atoms with Crippen molar-refractivity contribution in [2.75, 3.05) is 50.0 Å². The lowest BCUT2D eigenvalue weighted by Gasteiger charge is -2.29. The second kappa shape index (κ2) is 13.2. The molecule has 7 rings (SSSR count). The van der Waals surface area contributed by atoms with Crippen LogP contribution in [0.2, 0.25) is 0 Å². The van der Waals surface area contributed by atoms with E-state index in [4.69, 9.17) is 5.73 Å². The fourth-order valence-electron chi connectivity index (χ4n) is 6.42. The van der Waals surface area contributed by atoms with Gasteiger partial charge in [-0.3, -0.25) is 19.6 Å². The smallest absolute Gasteiger partial charge is 0.241 e. The molecule has 12 heteroatoms. The van der Waals surface area contributed by atoms with E-state index < -0.39 is 10.6 Å². The molecular formula is C36H35FN8O2S. The van der Waals surface area contributed by atoms with E-state index in [-0.39, 0.29) is 24.0 Å². The van der Waals surface area contributed by atoms with Gasteiger partial charge in [-0.1, -0.05) is 30.3 Å². The Morgan fingerprint density at radius 1 is 1.02 bits per heavy atom. The van der Waals surface area contributed by atoms with Crippen molar-refractivity contribution in [2.24, 2.45) is 0 Å². The highest BCUT2D eigenvalue weighted by Crippen LogP contribution is 2.36. The molecule has 0 saturated carbocycles. The van der Waals surface area contributed by atoms with E-state index >= 15 is 0 Å². The van der Waals surface area contributed by atoms with E-state index in [0.717, 1.165) is 28.5 Å². The van der Waals surface area contributed by atoms with Crippen LogP contribution >= 0.6 is 11.8 Å². The quantitative estimate of drug-likeness (QED) is 0.187. The van der Waals surface area contributed by atoms with Crippen molar-refractivity contribution < 1.29 is 14.0 Å². The number of aromatic nitrogens is 4. The van der Waals surface area contributed by atoms with E-state index in [1.54, 1.807) is 30.6 Å². The van der Waals surface area contributed by atoms with Gasteiger partial charge in [-0.25, -0.2) is 14.4 Å². The molecular weight excluding hydrogens is 628 g/mol. The number of amides is 2. The third-order valence-corrected chi connectivity index (χ3v) is 10.5. The highest BCUT2D eigenvalue weighted by atomic mass is 32.2. The van der Waals surface area contributed by atoms with E-state index in [1.807, 2.05) is 41.5 Å². The molecule has 1 fully saturated rings. The van der Waals surface area contributed by atoms with Crippen molar-refractivity contribution >= 4 is 51.4 Å². The molecule has 1 saturated heterocycles. The number of carbonyl (C=O) groups excluding carboxylic acids is 2. The van der Waals surface area contributed by atoms with E-state index in [9.17, 15) is 14.0 Å². The molecule has 0 aliphatic carbocycles. The lowest BCUT2D eigenvalue weighted by Crippen LogP contribution is -2.45. The molecule has 244 valence electrons. The number of thioether (sulfide) groups is 1. The lowest BCUT2D eigenvalue weighted by molar-refractivity contribution is -0.132. The predicted octanol–water partition coefficient (Wildman–Crippen LogP) is 5.47. The maximum absolute atomic E-state index is 13.8. The Balaban J connectivity index is 0.966. The summed E-state index contributed by atoms with van der Waals surface area (Å²) in [4.78, 5) is 39.7. The molecule has 4 N–H and O–H groups in total. The minimum atomic E-state index is -0.689. The number of hydrogen-bond donors (Lipinski definition) is 3. The summed E-state index contributed by atoms with van der Waals surface area (Å²) >= 11 is 1.52. The van der Waals surface area contributed by atoms with Gasteiger partial charge < -0.3 is 16.0 Å². The summed E-state index contributed by atoms with van der Waals surface area (Å²) in [6.45, 7) is 2.62. The van der Waals surface area contributed by atoms with Crippen LogP contribution in [-0.4, -0.2) is 85.5 Å². The number of aromatic amines is 1. The van der Waals surface area contributed by atoms with Crippen LogP contribution < -0.4 is 11.1 Å². The second-order valence-electron chi connectivity index (χ2n) is 12.2. The highest BCUT2D eigenvalue weighted by molar-refractivity contribution is 8.00. The molecule has 2 aromatic heterocycles. The second-order valence-corrected chi connectivity index (χ2v) is 13.3. The minimum absolute atomic E-state index is 0.0436. The number of hydrogen-bond acceptors (Lipinski definition) is 8. The largest absolute Gasteiger partial charge is 0.396 e. The molecule has 2 amide bonds. The van der Waals surface area contributed by atoms with Crippen LogP contribution in [0.3, 0.4) is 0 Å². The third-order valence-electron chi connectivity index (χ3n) is 9.21. The van der Waals surface area contributed by atoms with Gasteiger partial charge in [0.25, 0.3) is 0 Å². The van der Waals surface area contributed by atoms with Crippen LogP contribution in [0.4, 0.5) is 15.8 Å². The summed E-state index contributed by atoms with van der Waals surface area (Å²) in [5.74, 6) is 0.178. The summed E-state index contributed by atoms with van der Waals surface area (Å²) in [6, 6.07) is 20.1. The molecule has 0 radical (unpaired) electrons. The number of H-pyrrole nitrogens is 1. The molecule has 4 heterocycles. The summed E-state index contributed by atoms with van der Waals surface area (Å²) < 4.78 is 13.1. The SMILES string of the molecule is CS[C@@]1(C(=O)Nc2ccc3[nH]nc(-c4ccc(F)c(N)c4)c3c2)CCN(CC(=O)N2CC=C(c3ccc(-c4ncccn4)cc3)CC2)C1. The van der Waals surface area contributed by atoms with Crippen molar-refractivity contribution in [3.05, 3.63) is 96.6 Å². The highest BCUT2D eigenvalue weighted by Gasteiger charge is 2.44. The Labute approximate surface area is 281 Å². The molecule has 1 atom stereocenters. The number of anilines is 2. The lowest BCUT2D eigenvalue weighted by atomic mass is 9.98. The maximum Gasteiger partial charge on any atom is 0.241 e. The first kappa shape index (κ1) is 31.5. The number of benzene rings is 3. The number of fused-ring (bicyclic) bond motifs is 1. The maximum atomic E-state index is 13.8. The Kier molecular flexibility index (Phi) is 8.67. The fourth-order valence-corrected chi connectivity index (χ4v) is 7.26. The monoisotopic (exact) mass is 662 g/mol.